The lowest BCUT2D eigenvalue weighted by Gasteiger charge is -2.22. The van der Waals surface area contributed by atoms with Gasteiger partial charge in [-0.25, -0.2) is 0 Å². The minimum absolute atomic E-state index is 0.0295. The van der Waals surface area contributed by atoms with Gasteiger partial charge in [-0.2, -0.15) is 0 Å². The molecule has 0 saturated heterocycles. The average Bonchev–Trinajstić information content (AvgIpc) is 3.21. The van der Waals surface area contributed by atoms with Gasteiger partial charge in [-0.1, -0.05) is 121 Å². The lowest BCUT2D eigenvalue weighted by atomic mass is 9.92. The number of ether oxygens (including phenoxy) is 4. The molecule has 2 N–H and O–H groups in total. The summed E-state index contributed by atoms with van der Waals surface area (Å²) in [6.07, 6.45) is -0.920. The van der Waals surface area contributed by atoms with Crippen molar-refractivity contribution in [3.63, 3.8) is 0 Å². The highest BCUT2D eigenvalue weighted by atomic mass is 16.5. The van der Waals surface area contributed by atoms with Crippen LogP contribution < -0.4 is 24.3 Å². The van der Waals surface area contributed by atoms with Crippen molar-refractivity contribution in [3.05, 3.63) is 146 Å². The summed E-state index contributed by atoms with van der Waals surface area (Å²) in [5.74, 6) is 2.87. The third-order valence-corrected chi connectivity index (χ3v) is 10.00. The van der Waals surface area contributed by atoms with Gasteiger partial charge >= 0.3 is 0 Å². The number of benzene rings is 8. The molecule has 1 heterocycles. The van der Waals surface area contributed by atoms with E-state index in [2.05, 4.69) is 90.2 Å². The van der Waals surface area contributed by atoms with Gasteiger partial charge in [-0.05, 0) is 67.4 Å². The monoisotopic (exact) mass is 697 g/mol. The van der Waals surface area contributed by atoms with Crippen LogP contribution in [0.3, 0.4) is 0 Å². The molecule has 0 aromatic heterocycles. The maximum atomic E-state index is 11.5. The summed E-state index contributed by atoms with van der Waals surface area (Å²) in [5, 5.41) is 23.6. The molecule has 262 valence electrons. The van der Waals surface area contributed by atoms with Crippen LogP contribution in [0, 0.1) is 0 Å². The molecule has 9 rings (SSSR count). The summed E-state index contributed by atoms with van der Waals surface area (Å²) in [4.78, 5) is 0. The summed E-state index contributed by atoms with van der Waals surface area (Å²) in [5.41, 5.74) is 3.78. The summed E-state index contributed by atoms with van der Waals surface area (Å²) >= 11 is 0. The van der Waals surface area contributed by atoms with Crippen LogP contribution in [0.2, 0.25) is 0 Å². The lowest BCUT2D eigenvalue weighted by Crippen LogP contribution is -2.26. The first-order valence-corrected chi connectivity index (χ1v) is 18.2. The number of aliphatic hydroxyl groups excluding tert-OH is 1. The van der Waals surface area contributed by atoms with Crippen LogP contribution in [-0.4, -0.2) is 50.7 Å². The Bertz CT molecular complexity index is 2420. The zero-order valence-electron chi connectivity index (χ0n) is 29.3. The number of hydrogen-bond donors (Lipinski definition) is 2. The number of rotatable bonds is 0. The van der Waals surface area contributed by atoms with Crippen molar-refractivity contribution in [2.75, 3.05) is 39.5 Å². The number of fused-ring (bicyclic) bond motifs is 14. The second-order valence-electron chi connectivity index (χ2n) is 13.4. The fourth-order valence-corrected chi connectivity index (χ4v) is 7.53. The first kappa shape index (κ1) is 32.8. The van der Waals surface area contributed by atoms with Crippen molar-refractivity contribution in [1.29, 1.82) is 0 Å². The van der Waals surface area contributed by atoms with E-state index < -0.39 is 6.10 Å². The first-order valence-electron chi connectivity index (χ1n) is 18.2. The van der Waals surface area contributed by atoms with E-state index in [0.717, 1.165) is 76.8 Å². The Morgan fingerprint density at radius 3 is 1.02 bits per heavy atom. The minimum Gasteiger partial charge on any atom is -0.492 e. The van der Waals surface area contributed by atoms with Gasteiger partial charge in [0.2, 0.25) is 0 Å². The maximum absolute atomic E-state index is 11.5. The normalized spacial score (nSPS) is 14.5. The third kappa shape index (κ3) is 6.37. The molecule has 0 radical (unpaired) electrons. The van der Waals surface area contributed by atoms with Crippen molar-refractivity contribution in [2.24, 2.45) is 0 Å². The largest absolute Gasteiger partial charge is 0.492 e. The molecular formula is C47H39NO5. The first-order chi connectivity index (χ1) is 26.2. The Morgan fingerprint density at radius 1 is 0.377 bits per heavy atom. The maximum Gasteiger partial charge on any atom is 0.128 e. The van der Waals surface area contributed by atoms with E-state index in [9.17, 15) is 5.11 Å². The standard InChI is InChI=1S/C47H39NO5/c49-35-29-52-42-23-19-33-11-3-7-15-38(33)46(42)44-36-13-5-1-9-31(36)17-21-40(44)50-27-25-48-26-28-51-41-22-18-32-10-2-6-14-37(32)45(41)47-39-16-8-4-12-34(39)20-24-43(47)53-30-35/h1-24,35,48-49H,25-30H2. The molecule has 8 aromatic rings. The predicted octanol–water partition coefficient (Wildman–Crippen LogP) is 9.81. The molecule has 0 atom stereocenters. The predicted molar refractivity (Wildman–Crippen MR) is 215 cm³/mol. The Balaban J connectivity index is 1.15. The van der Waals surface area contributed by atoms with Gasteiger partial charge in [0.1, 0.15) is 55.5 Å². The van der Waals surface area contributed by atoms with Crippen molar-refractivity contribution < 1.29 is 24.1 Å². The van der Waals surface area contributed by atoms with Crippen LogP contribution in [0.4, 0.5) is 0 Å². The van der Waals surface area contributed by atoms with E-state index in [-0.39, 0.29) is 13.2 Å². The molecular weight excluding hydrogens is 659 g/mol. The molecule has 0 spiro atoms. The summed E-state index contributed by atoms with van der Waals surface area (Å²) in [7, 11) is 0. The Hall–Kier alpha value is -6.08. The van der Waals surface area contributed by atoms with E-state index >= 15 is 0 Å². The zero-order valence-corrected chi connectivity index (χ0v) is 29.3. The third-order valence-electron chi connectivity index (χ3n) is 10.00. The molecule has 6 nitrogen and oxygen atoms in total. The van der Waals surface area contributed by atoms with Gasteiger partial charge in [0.15, 0.2) is 0 Å². The molecule has 8 aromatic carbocycles. The van der Waals surface area contributed by atoms with Crippen molar-refractivity contribution in [3.8, 4) is 45.3 Å². The Kier molecular flexibility index (Phi) is 8.98. The Labute approximate surface area is 308 Å². The number of hydrogen-bond acceptors (Lipinski definition) is 6. The fourth-order valence-electron chi connectivity index (χ4n) is 7.53. The summed E-state index contributed by atoms with van der Waals surface area (Å²) in [6, 6.07) is 49.7. The molecule has 0 aliphatic carbocycles. The van der Waals surface area contributed by atoms with Gasteiger partial charge in [0.05, 0.1) is 0 Å². The zero-order chi connectivity index (χ0) is 35.6. The van der Waals surface area contributed by atoms with Crippen molar-refractivity contribution >= 4 is 43.1 Å². The van der Waals surface area contributed by atoms with E-state index in [1.807, 2.05) is 60.7 Å². The molecule has 0 bridgehead atoms. The van der Waals surface area contributed by atoms with Gasteiger partial charge in [0.25, 0.3) is 0 Å². The van der Waals surface area contributed by atoms with E-state index in [4.69, 9.17) is 18.9 Å². The second-order valence-corrected chi connectivity index (χ2v) is 13.4. The van der Waals surface area contributed by atoms with Gasteiger partial charge in [0, 0.05) is 35.3 Å². The molecule has 1 aliphatic heterocycles. The highest BCUT2D eigenvalue weighted by Crippen LogP contribution is 2.47. The highest BCUT2D eigenvalue weighted by Gasteiger charge is 2.22. The SMILES string of the molecule is OC1COc2ccc3ccccc3c2-c2c(ccc3ccccc23)OCCNCCOc2ccc3ccccc3c2-c2c(ccc3ccccc23)OC1. The number of nitrogens with one attached hydrogen (secondary N) is 1. The number of aliphatic hydroxyl groups is 1. The summed E-state index contributed by atoms with van der Waals surface area (Å²) < 4.78 is 26.2. The topological polar surface area (TPSA) is 69.2 Å². The smallest absolute Gasteiger partial charge is 0.128 e. The van der Waals surface area contributed by atoms with Crippen LogP contribution in [0.5, 0.6) is 23.0 Å². The van der Waals surface area contributed by atoms with Crippen molar-refractivity contribution in [2.45, 2.75) is 6.10 Å². The molecule has 0 fully saturated rings. The lowest BCUT2D eigenvalue weighted by molar-refractivity contribution is 0.0631. The van der Waals surface area contributed by atoms with Gasteiger partial charge in [-0.15, -0.1) is 0 Å². The van der Waals surface area contributed by atoms with Crippen LogP contribution in [0.1, 0.15) is 0 Å². The minimum atomic E-state index is -0.920. The molecule has 6 heteroatoms. The van der Waals surface area contributed by atoms with Crippen LogP contribution in [0.25, 0.3) is 65.3 Å². The van der Waals surface area contributed by atoms with E-state index in [1.165, 1.54) is 0 Å². The highest BCUT2D eigenvalue weighted by molar-refractivity contribution is 6.11. The van der Waals surface area contributed by atoms with Crippen molar-refractivity contribution in [1.82, 2.24) is 5.32 Å². The second kappa shape index (κ2) is 14.5. The molecule has 0 saturated carbocycles. The van der Waals surface area contributed by atoms with E-state index in [1.54, 1.807) is 0 Å². The molecule has 1 aliphatic rings. The fraction of sp³-hybridized carbons (Fsp3) is 0.149. The van der Waals surface area contributed by atoms with Crippen LogP contribution >= 0.6 is 0 Å². The van der Waals surface area contributed by atoms with E-state index in [0.29, 0.717) is 37.8 Å². The van der Waals surface area contributed by atoms with Crippen LogP contribution in [0.15, 0.2) is 146 Å². The average molecular weight is 698 g/mol. The van der Waals surface area contributed by atoms with Gasteiger partial charge < -0.3 is 29.4 Å². The Morgan fingerprint density at radius 2 is 0.679 bits per heavy atom. The van der Waals surface area contributed by atoms with Gasteiger partial charge in [-0.3, -0.25) is 0 Å². The molecule has 0 amide bonds. The summed E-state index contributed by atoms with van der Waals surface area (Å²) in [6.45, 7) is 2.24. The quantitative estimate of drug-likeness (QED) is 0.165. The molecule has 53 heavy (non-hydrogen) atoms. The van der Waals surface area contributed by atoms with Crippen LogP contribution in [-0.2, 0) is 0 Å². The molecule has 0 unspecified atom stereocenters.